The summed E-state index contributed by atoms with van der Waals surface area (Å²) < 4.78 is 34.8. The molecule has 10 heteroatoms. The molecule has 38 heavy (non-hydrogen) atoms. The maximum absolute atomic E-state index is 15.0. The third-order valence-corrected chi connectivity index (χ3v) is 6.95. The molecule has 2 aromatic carbocycles. The molecule has 0 spiro atoms. The number of methoxy groups -OCH3 is 1. The maximum atomic E-state index is 15.0. The Morgan fingerprint density at radius 2 is 2.05 bits per heavy atom. The van der Waals surface area contributed by atoms with Gasteiger partial charge in [-0.25, -0.2) is 18.7 Å². The van der Waals surface area contributed by atoms with Gasteiger partial charge in [0.05, 0.1) is 24.0 Å². The normalized spacial score (nSPS) is 18.0. The largest absolute Gasteiger partial charge is 0.496 e. The van der Waals surface area contributed by atoms with E-state index in [9.17, 15) is 13.6 Å². The van der Waals surface area contributed by atoms with Crippen LogP contribution in [0.15, 0.2) is 67.1 Å². The SMILES string of the molecule is COc1cccc(F)c1-c1nccc(C(=O)Nc2cc(F)cc(-c3cccnc3)c2N2C[C@H]3C[C@@H]2CN3)n1. The summed E-state index contributed by atoms with van der Waals surface area (Å²) in [5.41, 5.74) is 2.49. The van der Waals surface area contributed by atoms with Crippen molar-refractivity contribution in [2.45, 2.75) is 18.5 Å². The molecule has 8 nitrogen and oxygen atoms in total. The molecule has 4 heterocycles. The summed E-state index contributed by atoms with van der Waals surface area (Å²) in [5.74, 6) is -1.40. The van der Waals surface area contributed by atoms with Crippen LogP contribution in [0.25, 0.3) is 22.5 Å². The lowest BCUT2D eigenvalue weighted by Crippen LogP contribution is -2.44. The highest BCUT2D eigenvalue weighted by Crippen LogP contribution is 2.42. The van der Waals surface area contributed by atoms with Crippen molar-refractivity contribution in [3.63, 3.8) is 0 Å². The Morgan fingerprint density at radius 3 is 2.79 bits per heavy atom. The van der Waals surface area contributed by atoms with Crippen LogP contribution in [-0.4, -0.2) is 53.1 Å². The summed E-state index contributed by atoms with van der Waals surface area (Å²) in [4.78, 5) is 28.3. The smallest absolute Gasteiger partial charge is 0.274 e. The lowest BCUT2D eigenvalue weighted by molar-refractivity contribution is 0.102. The van der Waals surface area contributed by atoms with Gasteiger partial charge in [0.1, 0.15) is 23.1 Å². The molecule has 2 aliphatic rings. The first-order valence-corrected chi connectivity index (χ1v) is 12.2. The Morgan fingerprint density at radius 1 is 1.16 bits per heavy atom. The molecule has 2 N–H and O–H groups in total. The van der Waals surface area contributed by atoms with Gasteiger partial charge >= 0.3 is 0 Å². The Labute approximate surface area is 217 Å². The van der Waals surface area contributed by atoms with Crippen LogP contribution in [0.2, 0.25) is 0 Å². The molecule has 4 aromatic rings. The molecule has 0 unspecified atom stereocenters. The van der Waals surface area contributed by atoms with Crippen molar-refractivity contribution in [3.8, 4) is 28.3 Å². The topological polar surface area (TPSA) is 92.3 Å². The monoisotopic (exact) mass is 514 g/mol. The number of fused-ring (bicyclic) bond motifs is 2. The van der Waals surface area contributed by atoms with Crippen LogP contribution in [0.5, 0.6) is 5.75 Å². The number of piperazine rings is 1. The highest BCUT2D eigenvalue weighted by molar-refractivity contribution is 6.06. The van der Waals surface area contributed by atoms with Gasteiger partial charge in [0.15, 0.2) is 5.82 Å². The average molecular weight is 515 g/mol. The van der Waals surface area contributed by atoms with Crippen molar-refractivity contribution in [1.29, 1.82) is 0 Å². The number of nitrogens with one attached hydrogen (secondary N) is 2. The van der Waals surface area contributed by atoms with Gasteiger partial charge in [-0.05, 0) is 42.8 Å². The third-order valence-electron chi connectivity index (χ3n) is 6.95. The number of carbonyl (C=O) groups is 1. The van der Waals surface area contributed by atoms with Gasteiger partial charge in [0, 0.05) is 54.9 Å². The third kappa shape index (κ3) is 4.32. The molecule has 1 amide bonds. The van der Waals surface area contributed by atoms with E-state index in [0.29, 0.717) is 17.3 Å². The van der Waals surface area contributed by atoms with Crippen LogP contribution in [0.1, 0.15) is 16.9 Å². The van der Waals surface area contributed by atoms with Gasteiger partial charge in [-0.2, -0.15) is 0 Å². The van der Waals surface area contributed by atoms with Crippen LogP contribution in [0.4, 0.5) is 20.2 Å². The van der Waals surface area contributed by atoms with E-state index in [1.807, 2.05) is 6.07 Å². The van der Waals surface area contributed by atoms with Crippen LogP contribution in [0.3, 0.4) is 0 Å². The summed E-state index contributed by atoms with van der Waals surface area (Å²) in [6.45, 7) is 1.54. The summed E-state index contributed by atoms with van der Waals surface area (Å²) in [5, 5.41) is 6.33. The summed E-state index contributed by atoms with van der Waals surface area (Å²) in [6.07, 6.45) is 5.68. The predicted molar refractivity (Wildman–Crippen MR) is 139 cm³/mol. The lowest BCUT2D eigenvalue weighted by Gasteiger charge is -2.33. The van der Waals surface area contributed by atoms with E-state index in [0.717, 1.165) is 30.8 Å². The second kappa shape index (κ2) is 9.79. The predicted octanol–water partition coefficient (Wildman–Crippen LogP) is 4.30. The molecule has 2 bridgehead atoms. The van der Waals surface area contributed by atoms with E-state index in [1.54, 1.807) is 24.5 Å². The summed E-state index contributed by atoms with van der Waals surface area (Å²) in [6, 6.07) is 12.8. The van der Waals surface area contributed by atoms with Crippen molar-refractivity contribution < 1.29 is 18.3 Å². The second-order valence-electron chi connectivity index (χ2n) is 9.27. The molecule has 0 radical (unpaired) electrons. The molecule has 0 aliphatic carbocycles. The first-order chi connectivity index (χ1) is 18.5. The maximum Gasteiger partial charge on any atom is 0.274 e. The number of aromatic nitrogens is 3. The Balaban J connectivity index is 1.40. The van der Waals surface area contributed by atoms with E-state index in [-0.39, 0.29) is 28.9 Å². The fourth-order valence-electron chi connectivity index (χ4n) is 5.26. The first-order valence-electron chi connectivity index (χ1n) is 12.2. The lowest BCUT2D eigenvalue weighted by atomic mass is 10.0. The van der Waals surface area contributed by atoms with E-state index in [1.165, 1.54) is 43.6 Å². The average Bonchev–Trinajstić information content (AvgIpc) is 3.57. The number of ether oxygens (including phenoxy) is 1. The molecule has 2 atom stereocenters. The van der Waals surface area contributed by atoms with Gasteiger partial charge < -0.3 is 20.3 Å². The number of halogens is 2. The Bertz CT molecular complexity index is 1520. The standard InChI is InChI=1S/C28H24F2N6O2/c1-38-24-6-2-5-21(30)25(24)27-32-9-7-22(34-27)28(37)35-23-11-17(29)10-20(16-4-3-8-31-13-16)26(23)36-15-18-12-19(36)14-33-18/h2-11,13,18-19,33H,12,14-15H2,1H3,(H,35,37)/t18-,19-/m1/s1. The molecular formula is C28H24F2N6O2. The summed E-state index contributed by atoms with van der Waals surface area (Å²) in [7, 11) is 1.42. The summed E-state index contributed by atoms with van der Waals surface area (Å²) >= 11 is 0. The van der Waals surface area contributed by atoms with Gasteiger partial charge in [-0.3, -0.25) is 9.78 Å². The highest BCUT2D eigenvalue weighted by Gasteiger charge is 2.39. The van der Waals surface area contributed by atoms with Gasteiger partial charge in [-0.15, -0.1) is 0 Å². The first kappa shape index (κ1) is 23.9. The number of amides is 1. The van der Waals surface area contributed by atoms with Crippen molar-refractivity contribution in [2.24, 2.45) is 0 Å². The number of anilines is 2. The minimum absolute atomic E-state index is 0.00283. The van der Waals surface area contributed by atoms with Crippen LogP contribution >= 0.6 is 0 Å². The minimum Gasteiger partial charge on any atom is -0.496 e. The molecule has 0 saturated carbocycles. The molecule has 6 rings (SSSR count). The Kier molecular flexibility index (Phi) is 6.16. The van der Waals surface area contributed by atoms with Crippen LogP contribution in [-0.2, 0) is 0 Å². The van der Waals surface area contributed by atoms with E-state index in [4.69, 9.17) is 4.74 Å². The van der Waals surface area contributed by atoms with Gasteiger partial charge in [0.25, 0.3) is 5.91 Å². The number of hydrogen-bond acceptors (Lipinski definition) is 7. The van der Waals surface area contributed by atoms with Crippen molar-refractivity contribution >= 4 is 17.3 Å². The minimum atomic E-state index is -0.576. The molecular weight excluding hydrogens is 490 g/mol. The fraction of sp³-hybridized carbons (Fsp3) is 0.214. The number of pyridine rings is 1. The Hall–Kier alpha value is -4.44. The zero-order valence-corrected chi connectivity index (χ0v) is 20.5. The molecule has 2 fully saturated rings. The van der Waals surface area contributed by atoms with Crippen molar-refractivity contribution in [2.75, 3.05) is 30.4 Å². The number of carbonyl (C=O) groups excluding carboxylic acids is 1. The molecule has 2 aromatic heterocycles. The quantitative estimate of drug-likeness (QED) is 0.397. The zero-order valence-electron chi connectivity index (χ0n) is 20.5. The van der Waals surface area contributed by atoms with Crippen LogP contribution < -0.4 is 20.3 Å². The molecule has 192 valence electrons. The van der Waals surface area contributed by atoms with E-state index < -0.39 is 17.5 Å². The molecule has 2 aliphatic heterocycles. The second-order valence-corrected chi connectivity index (χ2v) is 9.27. The van der Waals surface area contributed by atoms with Gasteiger partial charge in [-0.1, -0.05) is 12.1 Å². The van der Waals surface area contributed by atoms with Crippen molar-refractivity contribution in [1.82, 2.24) is 20.3 Å². The fourth-order valence-corrected chi connectivity index (χ4v) is 5.26. The van der Waals surface area contributed by atoms with E-state index in [2.05, 4.69) is 30.5 Å². The van der Waals surface area contributed by atoms with E-state index >= 15 is 0 Å². The van der Waals surface area contributed by atoms with Crippen molar-refractivity contribution in [3.05, 3.63) is 84.4 Å². The number of benzene rings is 2. The molecule has 2 saturated heterocycles. The number of rotatable bonds is 6. The van der Waals surface area contributed by atoms with Gasteiger partial charge in [0.2, 0.25) is 0 Å². The van der Waals surface area contributed by atoms with Crippen LogP contribution in [0, 0.1) is 11.6 Å². The number of nitrogens with zero attached hydrogens (tertiary/aromatic N) is 4. The highest BCUT2D eigenvalue weighted by atomic mass is 19.1. The number of hydrogen-bond donors (Lipinski definition) is 2. The zero-order chi connectivity index (χ0) is 26.2.